The Kier molecular flexibility index (Phi) is 5.74. The van der Waals surface area contributed by atoms with E-state index in [2.05, 4.69) is 10.0 Å². The van der Waals surface area contributed by atoms with Crippen LogP contribution in [0.15, 0.2) is 23.1 Å². The highest BCUT2D eigenvalue weighted by molar-refractivity contribution is 7.89. The van der Waals surface area contributed by atoms with E-state index >= 15 is 0 Å². The lowest BCUT2D eigenvalue weighted by molar-refractivity contribution is -0.384. The van der Waals surface area contributed by atoms with Gasteiger partial charge in [-0.15, -0.1) is 0 Å². The van der Waals surface area contributed by atoms with Crippen molar-refractivity contribution < 1.29 is 13.3 Å². The summed E-state index contributed by atoms with van der Waals surface area (Å²) >= 11 is 5.85. The summed E-state index contributed by atoms with van der Waals surface area (Å²) in [6.07, 6.45) is 2.94. The number of piperidine rings is 1. The zero-order valence-electron chi connectivity index (χ0n) is 11.9. The summed E-state index contributed by atoms with van der Waals surface area (Å²) in [5.74, 6) is 0.462. The molecular weight excluding hydrogens is 330 g/mol. The van der Waals surface area contributed by atoms with E-state index < -0.39 is 14.9 Å². The maximum Gasteiger partial charge on any atom is 0.271 e. The van der Waals surface area contributed by atoms with Crippen molar-refractivity contribution in [2.45, 2.75) is 24.2 Å². The fraction of sp³-hybridized carbons (Fsp3) is 0.538. The van der Waals surface area contributed by atoms with Crippen LogP contribution in [0, 0.1) is 16.0 Å². The van der Waals surface area contributed by atoms with Crippen molar-refractivity contribution in [1.29, 1.82) is 0 Å². The fourth-order valence-electron chi connectivity index (χ4n) is 2.47. The second-order valence-corrected chi connectivity index (χ2v) is 7.41. The topological polar surface area (TPSA) is 101 Å². The minimum atomic E-state index is -3.76. The van der Waals surface area contributed by atoms with Gasteiger partial charge < -0.3 is 5.32 Å². The van der Waals surface area contributed by atoms with Crippen molar-refractivity contribution in [3.05, 3.63) is 33.3 Å². The zero-order chi connectivity index (χ0) is 16.2. The first-order chi connectivity index (χ1) is 10.4. The number of halogens is 1. The van der Waals surface area contributed by atoms with Crippen molar-refractivity contribution in [3.63, 3.8) is 0 Å². The molecule has 1 heterocycles. The van der Waals surface area contributed by atoms with Gasteiger partial charge in [0.15, 0.2) is 0 Å². The first-order valence-corrected chi connectivity index (χ1v) is 8.90. The first-order valence-electron chi connectivity index (χ1n) is 7.04. The standard InChI is InChI=1S/C13H18ClN3O4S/c14-12-8-11(17(18)19)3-4-13(12)22(20,21)16-7-5-10-2-1-6-15-9-10/h3-4,8,10,15-16H,1-2,5-7,9H2. The van der Waals surface area contributed by atoms with Gasteiger partial charge in [-0.25, -0.2) is 13.1 Å². The number of hydrogen-bond donors (Lipinski definition) is 2. The molecule has 1 aliphatic rings. The molecule has 0 aromatic heterocycles. The Bertz CT molecular complexity index is 645. The molecule has 22 heavy (non-hydrogen) atoms. The number of non-ortho nitro benzene ring substituents is 1. The zero-order valence-corrected chi connectivity index (χ0v) is 13.5. The van der Waals surface area contributed by atoms with Crippen molar-refractivity contribution in [2.75, 3.05) is 19.6 Å². The van der Waals surface area contributed by atoms with Crippen LogP contribution in [0.4, 0.5) is 5.69 Å². The SMILES string of the molecule is O=[N+]([O-])c1ccc(S(=O)(=O)NCCC2CCCNC2)c(Cl)c1. The molecule has 2 N–H and O–H groups in total. The van der Waals surface area contributed by atoms with E-state index in [1.807, 2.05) is 0 Å². The number of sulfonamides is 1. The maximum atomic E-state index is 12.2. The Morgan fingerprint density at radius 1 is 1.45 bits per heavy atom. The predicted molar refractivity (Wildman–Crippen MR) is 83.5 cm³/mol. The van der Waals surface area contributed by atoms with Crippen LogP contribution in [0.5, 0.6) is 0 Å². The lowest BCUT2D eigenvalue weighted by Gasteiger charge is -2.22. The molecule has 2 rings (SSSR count). The van der Waals surface area contributed by atoms with Gasteiger partial charge in [-0.3, -0.25) is 10.1 Å². The molecule has 122 valence electrons. The van der Waals surface area contributed by atoms with E-state index in [9.17, 15) is 18.5 Å². The average Bonchev–Trinajstić information content (AvgIpc) is 2.47. The van der Waals surface area contributed by atoms with Crippen molar-refractivity contribution >= 4 is 27.3 Å². The normalized spacial score (nSPS) is 19.0. The van der Waals surface area contributed by atoms with E-state index in [1.165, 1.54) is 0 Å². The van der Waals surface area contributed by atoms with Crippen LogP contribution in [0.25, 0.3) is 0 Å². The Hall–Kier alpha value is -1.22. The van der Waals surface area contributed by atoms with Crippen molar-refractivity contribution in [2.24, 2.45) is 5.92 Å². The lowest BCUT2D eigenvalue weighted by Crippen LogP contribution is -2.33. The number of benzene rings is 1. The number of rotatable bonds is 6. The summed E-state index contributed by atoms with van der Waals surface area (Å²) in [4.78, 5) is 9.88. The molecule has 1 atom stereocenters. The third-order valence-corrected chi connectivity index (χ3v) is 5.60. The Labute approximate surface area is 134 Å². The summed E-state index contributed by atoms with van der Waals surface area (Å²) in [6, 6.07) is 3.33. The minimum absolute atomic E-state index is 0.137. The van der Waals surface area contributed by atoms with Gasteiger partial charge in [-0.2, -0.15) is 0 Å². The summed E-state index contributed by atoms with van der Waals surface area (Å²) < 4.78 is 26.9. The van der Waals surface area contributed by atoms with Gasteiger partial charge in [-0.1, -0.05) is 11.6 Å². The molecule has 0 radical (unpaired) electrons. The van der Waals surface area contributed by atoms with Gasteiger partial charge >= 0.3 is 0 Å². The molecule has 1 aromatic rings. The van der Waals surface area contributed by atoms with E-state index in [-0.39, 0.29) is 15.6 Å². The van der Waals surface area contributed by atoms with Crippen molar-refractivity contribution in [3.8, 4) is 0 Å². The minimum Gasteiger partial charge on any atom is -0.316 e. The van der Waals surface area contributed by atoms with E-state index in [1.54, 1.807) is 0 Å². The average molecular weight is 348 g/mol. The molecule has 0 spiro atoms. The van der Waals surface area contributed by atoms with Gasteiger partial charge in [0, 0.05) is 18.7 Å². The number of nitro groups is 1. The third kappa shape index (κ3) is 4.39. The molecule has 0 aliphatic carbocycles. The summed E-state index contributed by atoms with van der Waals surface area (Å²) in [6.45, 7) is 2.24. The lowest BCUT2D eigenvalue weighted by atomic mass is 9.96. The van der Waals surface area contributed by atoms with Crippen LogP contribution < -0.4 is 10.0 Å². The summed E-state index contributed by atoms with van der Waals surface area (Å²) in [5, 5.41) is 13.8. The second kappa shape index (κ2) is 7.36. The first kappa shape index (κ1) is 17.1. The molecule has 0 saturated carbocycles. The van der Waals surface area contributed by atoms with Crippen LogP contribution in [0.3, 0.4) is 0 Å². The Morgan fingerprint density at radius 3 is 2.82 bits per heavy atom. The van der Waals surface area contributed by atoms with Crippen LogP contribution in [0.1, 0.15) is 19.3 Å². The number of nitrogens with one attached hydrogen (secondary N) is 2. The smallest absolute Gasteiger partial charge is 0.271 e. The maximum absolute atomic E-state index is 12.2. The highest BCUT2D eigenvalue weighted by atomic mass is 35.5. The molecule has 1 saturated heterocycles. The molecule has 1 aromatic carbocycles. The highest BCUT2D eigenvalue weighted by Gasteiger charge is 2.21. The monoisotopic (exact) mass is 347 g/mol. The Morgan fingerprint density at radius 2 is 2.23 bits per heavy atom. The molecule has 9 heteroatoms. The molecule has 7 nitrogen and oxygen atoms in total. The van der Waals surface area contributed by atoms with Crippen LogP contribution >= 0.6 is 11.6 Å². The van der Waals surface area contributed by atoms with Crippen LogP contribution in [0.2, 0.25) is 5.02 Å². The van der Waals surface area contributed by atoms with Crippen molar-refractivity contribution in [1.82, 2.24) is 10.0 Å². The number of nitrogens with zero attached hydrogens (tertiary/aromatic N) is 1. The number of hydrogen-bond acceptors (Lipinski definition) is 5. The highest BCUT2D eigenvalue weighted by Crippen LogP contribution is 2.26. The summed E-state index contributed by atoms with van der Waals surface area (Å²) in [5.41, 5.74) is -0.239. The summed E-state index contributed by atoms with van der Waals surface area (Å²) in [7, 11) is -3.76. The third-order valence-electron chi connectivity index (χ3n) is 3.66. The molecular formula is C13H18ClN3O4S. The quantitative estimate of drug-likeness (QED) is 0.604. The van der Waals surface area contributed by atoms with Gasteiger partial charge in [0.05, 0.1) is 9.95 Å². The largest absolute Gasteiger partial charge is 0.316 e. The molecule has 1 aliphatic heterocycles. The molecule has 0 amide bonds. The van der Waals surface area contributed by atoms with Gasteiger partial charge in [-0.05, 0) is 44.3 Å². The van der Waals surface area contributed by atoms with E-state index in [0.29, 0.717) is 12.5 Å². The fourth-order valence-corrected chi connectivity index (χ4v) is 4.05. The molecule has 1 fully saturated rings. The second-order valence-electron chi connectivity index (χ2n) is 5.27. The van der Waals surface area contributed by atoms with Gasteiger partial charge in [0.25, 0.3) is 5.69 Å². The van der Waals surface area contributed by atoms with E-state index in [0.717, 1.165) is 50.6 Å². The molecule has 1 unspecified atom stereocenters. The van der Waals surface area contributed by atoms with Crippen LogP contribution in [-0.4, -0.2) is 33.0 Å². The predicted octanol–water partition coefficient (Wildman–Crippen LogP) is 1.92. The Balaban J connectivity index is 1.99. The van der Waals surface area contributed by atoms with Gasteiger partial charge in [0.1, 0.15) is 4.90 Å². The number of nitro benzene ring substituents is 1. The van der Waals surface area contributed by atoms with E-state index in [4.69, 9.17) is 11.6 Å². The van der Waals surface area contributed by atoms with Gasteiger partial charge in [0.2, 0.25) is 10.0 Å². The van der Waals surface area contributed by atoms with Crippen LogP contribution in [-0.2, 0) is 10.0 Å². The molecule has 0 bridgehead atoms.